The van der Waals surface area contributed by atoms with Crippen LogP contribution in [0.25, 0.3) is 0 Å². The van der Waals surface area contributed by atoms with E-state index in [1.165, 1.54) is 0 Å². The van der Waals surface area contributed by atoms with Gasteiger partial charge in [-0.15, -0.1) is 0 Å². The molecule has 62 valence electrons. The second kappa shape index (κ2) is 11.0. The van der Waals surface area contributed by atoms with Crippen LogP contribution in [-0.4, -0.2) is 17.7 Å². The third-order valence-corrected chi connectivity index (χ3v) is 1.47. The molecule has 11 heavy (non-hydrogen) atoms. The molecule has 0 aliphatic rings. The molecule has 0 saturated heterocycles. The zero-order chi connectivity index (χ0) is 7.82. The standard InChI is InChI=1S/C5H10O3S2.Na.H/c1-3-9-7-5(6)8-10-4-2;;/h3-4H2,1-2H3;;/q;+1;-1. The molecule has 0 spiro atoms. The molecule has 0 saturated carbocycles. The number of carbonyl (C=O) groups is 1. The van der Waals surface area contributed by atoms with Crippen molar-refractivity contribution >= 4 is 30.2 Å². The molecule has 0 fully saturated rings. The van der Waals surface area contributed by atoms with Gasteiger partial charge >= 0.3 is 35.7 Å². The molecule has 0 heterocycles. The van der Waals surface area contributed by atoms with E-state index < -0.39 is 6.16 Å². The van der Waals surface area contributed by atoms with Crippen LogP contribution in [-0.2, 0) is 8.37 Å². The van der Waals surface area contributed by atoms with Crippen LogP contribution >= 0.6 is 24.1 Å². The van der Waals surface area contributed by atoms with Crippen molar-refractivity contribution in [2.75, 3.05) is 11.5 Å². The van der Waals surface area contributed by atoms with Crippen molar-refractivity contribution in [3.05, 3.63) is 0 Å². The Labute approximate surface area is 99.2 Å². The summed E-state index contributed by atoms with van der Waals surface area (Å²) in [6.07, 6.45) is -0.626. The number of carbonyl (C=O) groups excluding carboxylic acids is 1. The number of hydrogen-bond acceptors (Lipinski definition) is 5. The van der Waals surface area contributed by atoms with E-state index in [-0.39, 0.29) is 31.0 Å². The van der Waals surface area contributed by atoms with Crippen LogP contribution in [0.1, 0.15) is 15.3 Å². The molecular weight excluding hydrogens is 195 g/mol. The SMILES string of the molecule is CCSOC(=O)OSCC.[H-].[Na+]. The van der Waals surface area contributed by atoms with Crippen molar-refractivity contribution in [2.45, 2.75) is 13.8 Å². The zero-order valence-corrected chi connectivity index (χ0v) is 10.6. The van der Waals surface area contributed by atoms with Gasteiger partial charge in [-0.05, 0) is 0 Å². The van der Waals surface area contributed by atoms with Crippen LogP contribution in [0, 0.1) is 0 Å². The quantitative estimate of drug-likeness (QED) is 0.462. The van der Waals surface area contributed by atoms with Crippen LogP contribution in [0.3, 0.4) is 0 Å². The van der Waals surface area contributed by atoms with Crippen molar-refractivity contribution < 1.29 is 44.1 Å². The fraction of sp³-hybridized carbons (Fsp3) is 0.800. The third-order valence-electron chi connectivity index (χ3n) is 0.490. The van der Waals surface area contributed by atoms with E-state index >= 15 is 0 Å². The van der Waals surface area contributed by atoms with E-state index in [1.807, 2.05) is 13.8 Å². The first-order chi connectivity index (χ1) is 4.81. The van der Waals surface area contributed by atoms with Crippen LogP contribution < -0.4 is 29.6 Å². The number of hydrogen-bond donors (Lipinski definition) is 0. The van der Waals surface area contributed by atoms with Gasteiger partial charge < -0.3 is 9.79 Å². The fourth-order valence-electron chi connectivity index (χ4n) is 0.228. The maximum atomic E-state index is 10.5. The molecule has 0 N–H and O–H groups in total. The number of rotatable bonds is 4. The summed E-state index contributed by atoms with van der Waals surface area (Å²) in [5.74, 6) is 1.48. The molecule has 0 aromatic rings. The molecule has 3 nitrogen and oxygen atoms in total. The molecule has 0 aromatic carbocycles. The van der Waals surface area contributed by atoms with Gasteiger partial charge in [0.1, 0.15) is 0 Å². The van der Waals surface area contributed by atoms with E-state index in [1.54, 1.807) is 0 Å². The van der Waals surface area contributed by atoms with Gasteiger partial charge in [-0.3, -0.25) is 0 Å². The first kappa shape index (κ1) is 14.5. The Hall–Kier alpha value is 0.970. The average Bonchev–Trinajstić information content (AvgIpc) is 1.97. The van der Waals surface area contributed by atoms with Gasteiger partial charge in [0.25, 0.3) is 0 Å². The van der Waals surface area contributed by atoms with E-state index in [0.717, 1.165) is 35.6 Å². The first-order valence-electron chi connectivity index (χ1n) is 2.94. The summed E-state index contributed by atoms with van der Waals surface area (Å²) in [6, 6.07) is 0. The Morgan fingerprint density at radius 1 is 1.27 bits per heavy atom. The van der Waals surface area contributed by atoms with E-state index in [0.29, 0.717) is 0 Å². The predicted octanol–water partition coefficient (Wildman–Crippen LogP) is -0.408. The van der Waals surface area contributed by atoms with Crippen LogP contribution in [0.5, 0.6) is 0 Å². The molecule has 0 bridgehead atoms. The minimum Gasteiger partial charge on any atom is -1.00 e. The summed E-state index contributed by atoms with van der Waals surface area (Å²) in [5.41, 5.74) is 0. The Bertz CT molecular complexity index is 96.7. The molecule has 0 unspecified atom stereocenters. The Morgan fingerprint density at radius 3 is 1.91 bits per heavy atom. The van der Waals surface area contributed by atoms with Gasteiger partial charge in [-0.1, -0.05) is 13.8 Å². The Balaban J connectivity index is -0.000000405. The molecule has 0 radical (unpaired) electrons. The molecule has 0 amide bonds. The van der Waals surface area contributed by atoms with Crippen LogP contribution in [0.2, 0.25) is 0 Å². The average molecular weight is 206 g/mol. The summed E-state index contributed by atoms with van der Waals surface area (Å²) in [6.45, 7) is 3.79. The van der Waals surface area contributed by atoms with Gasteiger partial charge in [-0.25, -0.2) is 4.79 Å². The predicted molar refractivity (Wildman–Crippen MR) is 44.9 cm³/mol. The van der Waals surface area contributed by atoms with Gasteiger partial charge in [0.2, 0.25) is 0 Å². The molecule has 6 heteroatoms. The Kier molecular flexibility index (Phi) is 14.5. The summed E-state index contributed by atoms with van der Waals surface area (Å²) in [4.78, 5) is 10.5. The van der Waals surface area contributed by atoms with Crippen molar-refractivity contribution in [3.63, 3.8) is 0 Å². The molecular formula is C5H11NaO3S2. The van der Waals surface area contributed by atoms with Gasteiger partial charge in [0.05, 0.1) is 24.1 Å². The molecule has 0 aliphatic carbocycles. The summed E-state index contributed by atoms with van der Waals surface area (Å²) in [5, 5.41) is 0. The molecule has 0 atom stereocenters. The summed E-state index contributed by atoms with van der Waals surface area (Å²) >= 11 is 2.16. The molecule has 0 rings (SSSR count). The maximum Gasteiger partial charge on any atom is 1.00 e. The largest absolute Gasteiger partial charge is 1.00 e. The third kappa shape index (κ3) is 11.0. The normalized spacial score (nSPS) is 8.18. The topological polar surface area (TPSA) is 35.5 Å². The van der Waals surface area contributed by atoms with E-state index in [2.05, 4.69) is 8.37 Å². The zero-order valence-electron chi connectivity index (χ0n) is 7.96. The molecule has 0 aromatic heterocycles. The first-order valence-corrected chi connectivity index (χ1v) is 4.76. The Morgan fingerprint density at radius 2 is 1.64 bits per heavy atom. The second-order valence-corrected chi connectivity index (χ2v) is 3.19. The smallest absolute Gasteiger partial charge is 1.00 e. The van der Waals surface area contributed by atoms with Crippen molar-refractivity contribution in [1.82, 2.24) is 0 Å². The van der Waals surface area contributed by atoms with Gasteiger partial charge in [-0.2, -0.15) is 0 Å². The van der Waals surface area contributed by atoms with Crippen molar-refractivity contribution in [2.24, 2.45) is 0 Å². The fourth-order valence-corrected chi connectivity index (χ4v) is 0.767. The van der Waals surface area contributed by atoms with Crippen LogP contribution in [0.4, 0.5) is 4.79 Å². The van der Waals surface area contributed by atoms with Gasteiger partial charge in [0, 0.05) is 11.5 Å². The van der Waals surface area contributed by atoms with Crippen LogP contribution in [0.15, 0.2) is 0 Å². The maximum absolute atomic E-state index is 10.5. The van der Waals surface area contributed by atoms with Gasteiger partial charge in [0.15, 0.2) is 0 Å². The minimum atomic E-state index is -0.626. The van der Waals surface area contributed by atoms with Crippen molar-refractivity contribution in [3.8, 4) is 0 Å². The summed E-state index contributed by atoms with van der Waals surface area (Å²) in [7, 11) is 0. The second-order valence-electron chi connectivity index (χ2n) is 1.23. The van der Waals surface area contributed by atoms with E-state index in [9.17, 15) is 4.79 Å². The minimum absolute atomic E-state index is 0. The molecule has 0 aliphatic heterocycles. The van der Waals surface area contributed by atoms with E-state index in [4.69, 9.17) is 0 Å². The van der Waals surface area contributed by atoms with Crippen molar-refractivity contribution in [1.29, 1.82) is 0 Å². The monoisotopic (exact) mass is 206 g/mol. The summed E-state index contributed by atoms with van der Waals surface area (Å²) < 4.78 is 9.06.